The molecule has 0 spiro atoms. The van der Waals surface area contributed by atoms with Gasteiger partial charge in [-0.1, -0.05) is 6.07 Å². The molecule has 1 aromatic rings. The molecule has 2 amide bonds. The van der Waals surface area contributed by atoms with Crippen LogP contribution in [0.3, 0.4) is 0 Å². The van der Waals surface area contributed by atoms with Crippen LogP contribution in [-0.2, 0) is 4.79 Å². The maximum Gasteiger partial charge on any atom is 0.253 e. The summed E-state index contributed by atoms with van der Waals surface area (Å²) in [6.07, 6.45) is 4.37. The lowest BCUT2D eigenvalue weighted by Crippen LogP contribution is -2.35. The second kappa shape index (κ2) is 9.53. The number of amides is 2. The Morgan fingerprint density at radius 3 is 2.61 bits per heavy atom. The van der Waals surface area contributed by atoms with E-state index < -0.39 is 0 Å². The molecule has 0 radical (unpaired) electrons. The summed E-state index contributed by atoms with van der Waals surface area (Å²) in [4.78, 5) is 26.2. The van der Waals surface area contributed by atoms with Crippen LogP contribution < -0.4 is 11.1 Å². The van der Waals surface area contributed by atoms with Crippen molar-refractivity contribution in [2.24, 2.45) is 5.73 Å². The fourth-order valence-electron chi connectivity index (χ4n) is 2.59. The summed E-state index contributed by atoms with van der Waals surface area (Å²) in [6, 6.07) is 7.17. The lowest BCUT2D eigenvalue weighted by atomic mass is 10.1. The number of nitrogens with zero attached hydrogens (tertiary/aromatic N) is 1. The molecule has 1 saturated heterocycles. The number of likely N-dealkylation sites (tertiary alicyclic amines) is 1. The molecule has 0 aromatic heterocycles. The predicted octanol–water partition coefficient (Wildman–Crippen LogP) is 2.80. The number of anilines is 1. The van der Waals surface area contributed by atoms with Gasteiger partial charge < -0.3 is 16.0 Å². The van der Waals surface area contributed by atoms with E-state index in [-0.39, 0.29) is 30.3 Å². The molecule has 1 atom stereocenters. The zero-order valence-corrected chi connectivity index (χ0v) is 14.4. The van der Waals surface area contributed by atoms with E-state index >= 15 is 0 Å². The zero-order valence-electron chi connectivity index (χ0n) is 13.6. The summed E-state index contributed by atoms with van der Waals surface area (Å²) >= 11 is 0. The predicted molar refractivity (Wildman–Crippen MR) is 95.0 cm³/mol. The first kappa shape index (κ1) is 19.5. The van der Waals surface area contributed by atoms with Crippen LogP contribution in [0.4, 0.5) is 5.69 Å². The molecule has 1 aliphatic rings. The van der Waals surface area contributed by atoms with Crippen LogP contribution in [0.1, 0.15) is 49.4 Å². The smallest absolute Gasteiger partial charge is 0.253 e. The van der Waals surface area contributed by atoms with Crippen LogP contribution >= 0.6 is 12.4 Å². The van der Waals surface area contributed by atoms with Crippen LogP contribution in [0.2, 0.25) is 0 Å². The van der Waals surface area contributed by atoms with Crippen molar-refractivity contribution in [1.29, 1.82) is 0 Å². The molecule has 1 aliphatic heterocycles. The van der Waals surface area contributed by atoms with E-state index in [2.05, 4.69) is 5.32 Å². The van der Waals surface area contributed by atoms with Gasteiger partial charge in [0, 0.05) is 36.8 Å². The minimum atomic E-state index is -0.0696. The Balaban J connectivity index is 0.00000264. The fourth-order valence-corrected chi connectivity index (χ4v) is 2.59. The van der Waals surface area contributed by atoms with Crippen molar-refractivity contribution in [3.63, 3.8) is 0 Å². The molecule has 1 heterocycles. The van der Waals surface area contributed by atoms with Crippen LogP contribution in [0.25, 0.3) is 0 Å². The van der Waals surface area contributed by atoms with Crippen LogP contribution in [0.15, 0.2) is 24.3 Å². The maximum atomic E-state index is 12.4. The van der Waals surface area contributed by atoms with Gasteiger partial charge in [0.25, 0.3) is 5.91 Å². The number of carbonyl (C=O) groups is 2. The highest BCUT2D eigenvalue weighted by Gasteiger charge is 2.18. The van der Waals surface area contributed by atoms with E-state index in [0.717, 1.165) is 25.9 Å². The molecule has 6 heteroatoms. The van der Waals surface area contributed by atoms with Gasteiger partial charge in [0.15, 0.2) is 0 Å². The number of halogens is 1. The summed E-state index contributed by atoms with van der Waals surface area (Å²) in [5.74, 6) is -0.0220. The molecule has 2 rings (SSSR count). The van der Waals surface area contributed by atoms with Crippen LogP contribution in [0.5, 0.6) is 0 Å². The Bertz CT molecular complexity index is 528. The molecule has 1 aromatic carbocycles. The minimum absolute atomic E-state index is 0. The fraction of sp³-hybridized carbons (Fsp3) is 0.529. The number of rotatable bonds is 5. The Morgan fingerprint density at radius 1 is 1.26 bits per heavy atom. The van der Waals surface area contributed by atoms with Crippen molar-refractivity contribution < 1.29 is 9.59 Å². The van der Waals surface area contributed by atoms with Crippen molar-refractivity contribution in [3.05, 3.63) is 29.8 Å². The molecular formula is C17H26ClN3O2. The summed E-state index contributed by atoms with van der Waals surface area (Å²) in [6.45, 7) is 3.53. The normalized spacial score (nSPS) is 15.5. The van der Waals surface area contributed by atoms with E-state index in [1.807, 2.05) is 11.8 Å². The Morgan fingerprint density at radius 2 is 1.96 bits per heavy atom. The summed E-state index contributed by atoms with van der Waals surface area (Å²) in [5.41, 5.74) is 6.95. The lowest BCUT2D eigenvalue weighted by Gasteiger charge is -2.26. The quantitative estimate of drug-likeness (QED) is 0.866. The molecule has 0 bridgehead atoms. The van der Waals surface area contributed by atoms with Gasteiger partial charge >= 0.3 is 0 Å². The van der Waals surface area contributed by atoms with E-state index in [9.17, 15) is 9.59 Å². The number of nitrogens with two attached hydrogens (primary N) is 1. The molecule has 1 unspecified atom stereocenters. The molecule has 0 aliphatic carbocycles. The number of benzene rings is 1. The monoisotopic (exact) mass is 339 g/mol. The van der Waals surface area contributed by atoms with Crippen molar-refractivity contribution in [2.45, 2.75) is 45.1 Å². The van der Waals surface area contributed by atoms with Gasteiger partial charge in [0.2, 0.25) is 5.91 Å². The third kappa shape index (κ3) is 6.20. The average molecular weight is 340 g/mol. The van der Waals surface area contributed by atoms with Gasteiger partial charge in [-0.25, -0.2) is 0 Å². The Hall–Kier alpha value is -1.59. The second-order valence-corrected chi connectivity index (χ2v) is 6.00. The number of carbonyl (C=O) groups excluding carboxylic acids is 2. The van der Waals surface area contributed by atoms with Gasteiger partial charge in [0.1, 0.15) is 0 Å². The minimum Gasteiger partial charge on any atom is -0.339 e. The zero-order chi connectivity index (χ0) is 15.9. The number of nitrogens with one attached hydrogen (secondary N) is 1. The summed E-state index contributed by atoms with van der Waals surface area (Å²) in [5, 5.41) is 2.83. The number of hydrogen-bond donors (Lipinski definition) is 2. The van der Waals surface area contributed by atoms with Crippen LogP contribution in [-0.4, -0.2) is 35.8 Å². The van der Waals surface area contributed by atoms with Crippen molar-refractivity contribution >= 4 is 29.9 Å². The van der Waals surface area contributed by atoms with Gasteiger partial charge in [-0.15, -0.1) is 12.4 Å². The van der Waals surface area contributed by atoms with Crippen molar-refractivity contribution in [1.82, 2.24) is 4.90 Å². The molecule has 3 N–H and O–H groups in total. The molecule has 128 valence electrons. The highest BCUT2D eigenvalue weighted by molar-refractivity contribution is 5.97. The highest BCUT2D eigenvalue weighted by atomic mass is 35.5. The standard InChI is InChI=1S/C17H25N3O2.ClH/c1-13(18)8-9-16(21)19-15-7-5-6-14(12-15)17(22)20-10-3-2-4-11-20;/h5-7,12-13H,2-4,8-11,18H2,1H3,(H,19,21);1H. The SMILES string of the molecule is CC(N)CCC(=O)Nc1cccc(C(=O)N2CCCCC2)c1.Cl. The largest absolute Gasteiger partial charge is 0.339 e. The van der Waals surface area contributed by atoms with E-state index in [0.29, 0.717) is 24.1 Å². The maximum absolute atomic E-state index is 12.4. The van der Waals surface area contributed by atoms with Crippen LogP contribution in [0, 0.1) is 0 Å². The van der Waals surface area contributed by atoms with E-state index in [1.165, 1.54) is 6.42 Å². The third-order valence-corrected chi connectivity index (χ3v) is 3.86. The number of hydrogen-bond acceptors (Lipinski definition) is 3. The Kier molecular flexibility index (Phi) is 8.06. The molecular weight excluding hydrogens is 314 g/mol. The molecule has 23 heavy (non-hydrogen) atoms. The van der Waals surface area contributed by atoms with E-state index in [1.54, 1.807) is 24.3 Å². The summed E-state index contributed by atoms with van der Waals surface area (Å²) in [7, 11) is 0. The average Bonchev–Trinajstić information content (AvgIpc) is 2.53. The lowest BCUT2D eigenvalue weighted by molar-refractivity contribution is -0.116. The first-order chi connectivity index (χ1) is 10.6. The molecule has 0 saturated carbocycles. The van der Waals surface area contributed by atoms with Crippen molar-refractivity contribution in [3.8, 4) is 0 Å². The summed E-state index contributed by atoms with van der Waals surface area (Å²) < 4.78 is 0. The molecule has 1 fully saturated rings. The topological polar surface area (TPSA) is 75.4 Å². The molecule has 5 nitrogen and oxygen atoms in total. The van der Waals surface area contributed by atoms with Gasteiger partial charge in [-0.05, 0) is 50.8 Å². The van der Waals surface area contributed by atoms with Gasteiger partial charge in [0.05, 0.1) is 0 Å². The van der Waals surface area contributed by atoms with Gasteiger partial charge in [-0.3, -0.25) is 9.59 Å². The third-order valence-electron chi connectivity index (χ3n) is 3.86. The first-order valence-electron chi connectivity index (χ1n) is 8.01. The number of piperidine rings is 1. The second-order valence-electron chi connectivity index (χ2n) is 6.00. The van der Waals surface area contributed by atoms with Crippen molar-refractivity contribution in [2.75, 3.05) is 18.4 Å². The highest BCUT2D eigenvalue weighted by Crippen LogP contribution is 2.16. The van der Waals surface area contributed by atoms with Gasteiger partial charge in [-0.2, -0.15) is 0 Å². The Labute approximate surface area is 144 Å². The van der Waals surface area contributed by atoms with E-state index in [4.69, 9.17) is 5.73 Å². The first-order valence-corrected chi connectivity index (χ1v) is 8.01.